The number of aromatic carboxylic acids is 1. The second kappa shape index (κ2) is 5.44. The minimum atomic E-state index is -1.45. The maximum atomic E-state index is 13.1. The highest BCUT2D eigenvalue weighted by Gasteiger charge is 2.27. The molecule has 1 aromatic carbocycles. The van der Waals surface area contributed by atoms with Gasteiger partial charge in [-0.25, -0.2) is 18.4 Å². The predicted molar refractivity (Wildman–Crippen MR) is 67.7 cm³/mol. The highest BCUT2D eigenvalue weighted by molar-refractivity contribution is 6.00. The molecule has 5 nitrogen and oxygen atoms in total. The highest BCUT2D eigenvalue weighted by Crippen LogP contribution is 2.26. The molecule has 0 saturated heterocycles. The van der Waals surface area contributed by atoms with E-state index in [-0.39, 0.29) is 11.7 Å². The van der Waals surface area contributed by atoms with Gasteiger partial charge in [0, 0.05) is 12.1 Å². The number of nitrogens with one attached hydrogen (secondary N) is 2. The Hall–Kier alpha value is -2.18. The Kier molecular flexibility index (Phi) is 3.87. The first-order valence-electron chi connectivity index (χ1n) is 6.16. The van der Waals surface area contributed by atoms with Gasteiger partial charge in [-0.1, -0.05) is 6.92 Å². The molecule has 20 heavy (non-hydrogen) atoms. The molecule has 0 aliphatic heterocycles. The van der Waals surface area contributed by atoms with Crippen molar-refractivity contribution in [1.29, 1.82) is 0 Å². The molecule has 2 rings (SSSR count). The summed E-state index contributed by atoms with van der Waals surface area (Å²) in [5, 5.41) is 13.8. The molecule has 1 aliphatic rings. The summed E-state index contributed by atoms with van der Waals surface area (Å²) in [4.78, 5) is 22.6. The van der Waals surface area contributed by atoms with Gasteiger partial charge in [0.15, 0.2) is 11.6 Å². The Labute approximate surface area is 114 Å². The van der Waals surface area contributed by atoms with E-state index in [1.54, 1.807) is 0 Å². The minimum Gasteiger partial charge on any atom is -0.478 e. The number of benzene rings is 1. The summed E-state index contributed by atoms with van der Waals surface area (Å²) >= 11 is 0. The summed E-state index contributed by atoms with van der Waals surface area (Å²) in [7, 11) is 0. The van der Waals surface area contributed by atoms with Crippen LogP contribution in [0.1, 0.15) is 30.1 Å². The van der Waals surface area contributed by atoms with E-state index in [1.165, 1.54) is 0 Å². The molecule has 0 heterocycles. The van der Waals surface area contributed by atoms with E-state index >= 15 is 0 Å². The third-order valence-electron chi connectivity index (χ3n) is 3.25. The van der Waals surface area contributed by atoms with Crippen LogP contribution >= 0.6 is 0 Å². The van der Waals surface area contributed by atoms with Crippen molar-refractivity contribution in [3.8, 4) is 0 Å². The van der Waals surface area contributed by atoms with Gasteiger partial charge in [0.1, 0.15) is 0 Å². The number of carbonyl (C=O) groups is 2. The monoisotopic (exact) mass is 284 g/mol. The number of hydrogen-bond acceptors (Lipinski definition) is 2. The SMILES string of the molecule is CC1CC(NC(=O)Nc2cc(F)c(F)cc2C(=O)O)C1. The van der Waals surface area contributed by atoms with Crippen LogP contribution in [0.4, 0.5) is 19.3 Å². The maximum absolute atomic E-state index is 13.1. The van der Waals surface area contributed by atoms with Crippen LogP contribution in [0.3, 0.4) is 0 Å². The number of halogens is 2. The van der Waals surface area contributed by atoms with Crippen LogP contribution in [0.5, 0.6) is 0 Å². The molecule has 1 aliphatic carbocycles. The zero-order valence-electron chi connectivity index (χ0n) is 10.7. The predicted octanol–water partition coefficient (Wildman–Crippen LogP) is 2.58. The standard InChI is InChI=1S/C13H14F2N2O3/c1-6-2-7(3-6)16-13(20)17-11-5-10(15)9(14)4-8(11)12(18)19/h4-7H,2-3H2,1H3,(H,18,19)(H2,16,17,20). The van der Waals surface area contributed by atoms with Crippen molar-refractivity contribution in [3.05, 3.63) is 29.3 Å². The number of amides is 2. The van der Waals surface area contributed by atoms with Gasteiger partial charge in [-0.05, 0) is 24.8 Å². The van der Waals surface area contributed by atoms with Crippen LogP contribution in [0.15, 0.2) is 12.1 Å². The Morgan fingerprint density at radius 1 is 1.25 bits per heavy atom. The van der Waals surface area contributed by atoms with E-state index < -0.39 is 29.2 Å². The topological polar surface area (TPSA) is 78.4 Å². The van der Waals surface area contributed by atoms with Gasteiger partial charge in [0.2, 0.25) is 0 Å². The lowest BCUT2D eigenvalue weighted by Gasteiger charge is -2.33. The van der Waals surface area contributed by atoms with Crippen LogP contribution in [-0.4, -0.2) is 23.1 Å². The van der Waals surface area contributed by atoms with E-state index in [0.717, 1.165) is 12.8 Å². The van der Waals surface area contributed by atoms with Gasteiger partial charge in [0.05, 0.1) is 11.3 Å². The smallest absolute Gasteiger partial charge is 0.337 e. The van der Waals surface area contributed by atoms with E-state index in [0.29, 0.717) is 18.1 Å². The first kappa shape index (κ1) is 14.2. The van der Waals surface area contributed by atoms with Gasteiger partial charge >= 0.3 is 12.0 Å². The lowest BCUT2D eigenvalue weighted by molar-refractivity contribution is 0.0697. The zero-order chi connectivity index (χ0) is 14.9. The Bertz CT molecular complexity index is 557. The maximum Gasteiger partial charge on any atom is 0.337 e. The molecule has 0 bridgehead atoms. The van der Waals surface area contributed by atoms with Crippen LogP contribution in [0, 0.1) is 17.6 Å². The molecule has 108 valence electrons. The van der Waals surface area contributed by atoms with E-state index in [9.17, 15) is 18.4 Å². The van der Waals surface area contributed by atoms with E-state index in [2.05, 4.69) is 10.6 Å². The summed E-state index contributed by atoms with van der Waals surface area (Å²) in [5.74, 6) is -3.40. The van der Waals surface area contributed by atoms with Crippen molar-refractivity contribution >= 4 is 17.7 Å². The number of urea groups is 1. The lowest BCUT2D eigenvalue weighted by atomic mass is 9.82. The molecule has 0 atom stereocenters. The molecule has 3 N–H and O–H groups in total. The van der Waals surface area contributed by atoms with Crippen molar-refractivity contribution in [1.82, 2.24) is 5.32 Å². The third-order valence-corrected chi connectivity index (χ3v) is 3.25. The molecule has 1 saturated carbocycles. The summed E-state index contributed by atoms with van der Waals surface area (Å²) < 4.78 is 26.1. The first-order chi connectivity index (χ1) is 9.36. The van der Waals surface area contributed by atoms with Crippen molar-refractivity contribution in [3.63, 3.8) is 0 Å². The van der Waals surface area contributed by atoms with E-state index in [1.807, 2.05) is 6.92 Å². The van der Waals surface area contributed by atoms with E-state index in [4.69, 9.17) is 5.11 Å². The molecule has 1 aromatic rings. The quantitative estimate of drug-likeness (QED) is 0.798. The number of anilines is 1. The summed E-state index contributed by atoms with van der Waals surface area (Å²) in [6, 6.07) is 0.597. The second-order valence-electron chi connectivity index (χ2n) is 4.99. The molecule has 7 heteroatoms. The first-order valence-corrected chi connectivity index (χ1v) is 6.16. The van der Waals surface area contributed by atoms with Crippen LogP contribution in [0.2, 0.25) is 0 Å². The molecular weight excluding hydrogens is 270 g/mol. The number of rotatable bonds is 3. The zero-order valence-corrected chi connectivity index (χ0v) is 10.7. The van der Waals surface area contributed by atoms with Crippen molar-refractivity contribution in [2.75, 3.05) is 5.32 Å². The molecule has 0 unspecified atom stereocenters. The summed E-state index contributed by atoms with van der Waals surface area (Å²) in [5.41, 5.74) is -0.776. The molecule has 0 spiro atoms. The van der Waals surface area contributed by atoms with Gasteiger partial charge in [-0.2, -0.15) is 0 Å². The van der Waals surface area contributed by atoms with Crippen LogP contribution < -0.4 is 10.6 Å². The van der Waals surface area contributed by atoms with Crippen molar-refractivity contribution in [2.24, 2.45) is 5.92 Å². The Balaban J connectivity index is 2.09. The molecule has 2 amide bonds. The fourth-order valence-electron chi connectivity index (χ4n) is 2.19. The van der Waals surface area contributed by atoms with Crippen molar-refractivity contribution < 1.29 is 23.5 Å². The second-order valence-corrected chi connectivity index (χ2v) is 4.99. The van der Waals surface area contributed by atoms with Gasteiger partial charge < -0.3 is 15.7 Å². The normalized spacial score (nSPS) is 20.9. The Morgan fingerprint density at radius 2 is 1.85 bits per heavy atom. The number of carboxylic acids is 1. The average molecular weight is 284 g/mol. The molecular formula is C13H14F2N2O3. The number of carbonyl (C=O) groups excluding carboxylic acids is 1. The highest BCUT2D eigenvalue weighted by atomic mass is 19.2. The molecule has 1 fully saturated rings. The fraction of sp³-hybridized carbons (Fsp3) is 0.385. The number of hydrogen-bond donors (Lipinski definition) is 3. The largest absolute Gasteiger partial charge is 0.478 e. The summed E-state index contributed by atoms with van der Waals surface area (Å²) in [6.07, 6.45) is 1.69. The number of carboxylic acid groups (broad SMARTS) is 1. The fourth-order valence-corrected chi connectivity index (χ4v) is 2.19. The Morgan fingerprint density at radius 3 is 2.40 bits per heavy atom. The van der Waals surface area contributed by atoms with Gasteiger partial charge in [-0.15, -0.1) is 0 Å². The van der Waals surface area contributed by atoms with Gasteiger partial charge in [-0.3, -0.25) is 0 Å². The van der Waals surface area contributed by atoms with Gasteiger partial charge in [0.25, 0.3) is 0 Å². The minimum absolute atomic E-state index is 0.0311. The third kappa shape index (κ3) is 3.04. The molecule has 0 aromatic heterocycles. The van der Waals surface area contributed by atoms with Crippen molar-refractivity contribution in [2.45, 2.75) is 25.8 Å². The van der Waals surface area contributed by atoms with Crippen LogP contribution in [0.25, 0.3) is 0 Å². The lowest BCUT2D eigenvalue weighted by Crippen LogP contribution is -2.45. The van der Waals surface area contributed by atoms with Crippen LogP contribution in [-0.2, 0) is 0 Å². The average Bonchev–Trinajstić information content (AvgIpc) is 2.31. The molecule has 0 radical (unpaired) electrons. The summed E-state index contributed by atoms with van der Waals surface area (Å²) in [6.45, 7) is 2.05.